The fourth-order valence-corrected chi connectivity index (χ4v) is 2.64. The van der Waals surface area contributed by atoms with Gasteiger partial charge in [0.25, 0.3) is 0 Å². The summed E-state index contributed by atoms with van der Waals surface area (Å²) in [6, 6.07) is 4.73. The SMILES string of the molecule is Cc1ccc(OCC(O)CN2CC(C)OC(C)C2)cc1F. The van der Waals surface area contributed by atoms with Gasteiger partial charge in [-0.25, -0.2) is 4.39 Å². The Morgan fingerprint density at radius 1 is 1.38 bits per heavy atom. The lowest BCUT2D eigenvalue weighted by Crippen LogP contribution is -2.48. The van der Waals surface area contributed by atoms with Crippen LogP contribution in [0.2, 0.25) is 0 Å². The van der Waals surface area contributed by atoms with Crippen LogP contribution in [0.4, 0.5) is 4.39 Å². The first kappa shape index (κ1) is 16.2. The van der Waals surface area contributed by atoms with E-state index >= 15 is 0 Å². The molecule has 1 N–H and O–H groups in total. The molecule has 0 radical (unpaired) electrons. The van der Waals surface area contributed by atoms with Gasteiger partial charge in [0.05, 0.1) is 12.2 Å². The molecule has 3 atom stereocenters. The Hall–Kier alpha value is -1.17. The van der Waals surface area contributed by atoms with Gasteiger partial charge >= 0.3 is 0 Å². The number of β-amino-alcohol motifs (C(OH)–C–C–N with tert-alkyl or cyclic N) is 1. The molecule has 1 heterocycles. The minimum atomic E-state index is -0.605. The van der Waals surface area contributed by atoms with E-state index in [2.05, 4.69) is 4.90 Å². The molecule has 0 spiro atoms. The third-order valence-electron chi connectivity index (χ3n) is 3.55. The second-order valence-electron chi connectivity index (χ2n) is 5.85. The van der Waals surface area contributed by atoms with Gasteiger partial charge in [-0.05, 0) is 32.4 Å². The maximum absolute atomic E-state index is 13.4. The number of hydrogen-bond acceptors (Lipinski definition) is 4. The normalized spacial score (nSPS) is 24.8. The average Bonchev–Trinajstić information content (AvgIpc) is 2.39. The molecule has 0 amide bonds. The molecule has 1 aromatic carbocycles. The van der Waals surface area contributed by atoms with Crippen LogP contribution in [0.5, 0.6) is 5.75 Å². The Balaban J connectivity index is 1.79. The molecule has 1 aliphatic heterocycles. The first-order valence-electron chi connectivity index (χ1n) is 7.39. The fraction of sp³-hybridized carbons (Fsp3) is 0.625. The number of aliphatic hydroxyl groups is 1. The number of nitrogens with zero attached hydrogens (tertiary/aromatic N) is 1. The lowest BCUT2D eigenvalue weighted by molar-refractivity contribution is -0.0786. The molecule has 3 unspecified atom stereocenters. The molecule has 118 valence electrons. The van der Waals surface area contributed by atoms with Crippen molar-refractivity contribution < 1.29 is 19.0 Å². The van der Waals surface area contributed by atoms with Crippen molar-refractivity contribution in [1.82, 2.24) is 4.90 Å². The van der Waals surface area contributed by atoms with Crippen LogP contribution in [0, 0.1) is 12.7 Å². The standard InChI is InChI=1S/C16H24FNO3/c1-11-4-5-15(6-16(11)17)20-10-14(19)9-18-7-12(2)21-13(3)8-18/h4-6,12-14,19H,7-10H2,1-3H3. The number of morpholine rings is 1. The van der Waals surface area contributed by atoms with E-state index in [4.69, 9.17) is 9.47 Å². The second kappa shape index (κ2) is 7.20. The smallest absolute Gasteiger partial charge is 0.129 e. The second-order valence-corrected chi connectivity index (χ2v) is 5.85. The number of halogens is 1. The van der Waals surface area contributed by atoms with Crippen molar-refractivity contribution in [2.45, 2.75) is 39.1 Å². The average molecular weight is 297 g/mol. The van der Waals surface area contributed by atoms with E-state index in [1.807, 2.05) is 13.8 Å². The monoisotopic (exact) mass is 297 g/mol. The van der Waals surface area contributed by atoms with Crippen molar-refractivity contribution in [1.29, 1.82) is 0 Å². The van der Waals surface area contributed by atoms with Crippen molar-refractivity contribution in [2.24, 2.45) is 0 Å². The Labute approximate surface area is 125 Å². The van der Waals surface area contributed by atoms with Gasteiger partial charge in [-0.1, -0.05) is 6.07 Å². The van der Waals surface area contributed by atoms with Crippen molar-refractivity contribution in [3.8, 4) is 5.75 Å². The van der Waals surface area contributed by atoms with Crippen LogP contribution in [0.15, 0.2) is 18.2 Å². The van der Waals surface area contributed by atoms with E-state index in [0.717, 1.165) is 13.1 Å². The lowest BCUT2D eigenvalue weighted by atomic mass is 10.2. The molecule has 4 nitrogen and oxygen atoms in total. The fourth-order valence-electron chi connectivity index (χ4n) is 2.64. The maximum Gasteiger partial charge on any atom is 0.129 e. The van der Waals surface area contributed by atoms with Gasteiger partial charge in [-0.2, -0.15) is 0 Å². The Morgan fingerprint density at radius 3 is 2.67 bits per heavy atom. The van der Waals surface area contributed by atoms with E-state index in [-0.39, 0.29) is 24.6 Å². The molecule has 1 aromatic rings. The van der Waals surface area contributed by atoms with Crippen LogP contribution < -0.4 is 4.74 Å². The Morgan fingerprint density at radius 2 is 2.05 bits per heavy atom. The van der Waals surface area contributed by atoms with Gasteiger partial charge in [0.15, 0.2) is 0 Å². The summed E-state index contributed by atoms with van der Waals surface area (Å²) in [4.78, 5) is 2.17. The minimum Gasteiger partial charge on any atom is -0.491 e. The molecule has 0 bridgehead atoms. The van der Waals surface area contributed by atoms with E-state index in [9.17, 15) is 9.50 Å². The molecule has 0 aliphatic carbocycles. The van der Waals surface area contributed by atoms with E-state index < -0.39 is 6.10 Å². The largest absolute Gasteiger partial charge is 0.491 e. The van der Waals surface area contributed by atoms with E-state index in [0.29, 0.717) is 17.9 Å². The zero-order chi connectivity index (χ0) is 15.4. The minimum absolute atomic E-state index is 0.155. The van der Waals surface area contributed by atoms with Gasteiger partial charge in [0.2, 0.25) is 0 Å². The first-order chi connectivity index (χ1) is 9.94. The van der Waals surface area contributed by atoms with Crippen molar-refractivity contribution >= 4 is 0 Å². The third kappa shape index (κ3) is 4.95. The molecule has 1 aliphatic rings. The number of benzene rings is 1. The number of rotatable bonds is 5. The van der Waals surface area contributed by atoms with Crippen LogP contribution >= 0.6 is 0 Å². The molecular weight excluding hydrogens is 273 g/mol. The van der Waals surface area contributed by atoms with Gasteiger partial charge in [0.1, 0.15) is 24.3 Å². The van der Waals surface area contributed by atoms with Crippen LogP contribution in [0.25, 0.3) is 0 Å². The summed E-state index contributed by atoms with van der Waals surface area (Å²) in [6.07, 6.45) is -0.256. The molecule has 0 saturated carbocycles. The highest BCUT2D eigenvalue weighted by atomic mass is 19.1. The summed E-state index contributed by atoms with van der Waals surface area (Å²) in [6.45, 7) is 8.06. The van der Waals surface area contributed by atoms with Crippen LogP contribution in [0.1, 0.15) is 19.4 Å². The van der Waals surface area contributed by atoms with Gasteiger partial charge in [0, 0.05) is 25.7 Å². The Bertz CT molecular complexity index is 459. The highest BCUT2D eigenvalue weighted by molar-refractivity contribution is 5.27. The number of ether oxygens (including phenoxy) is 2. The summed E-state index contributed by atoms with van der Waals surface area (Å²) < 4.78 is 24.5. The molecule has 1 fully saturated rings. The molecule has 2 rings (SSSR count). The lowest BCUT2D eigenvalue weighted by Gasteiger charge is -2.36. The van der Waals surface area contributed by atoms with Gasteiger partial charge < -0.3 is 14.6 Å². The van der Waals surface area contributed by atoms with Crippen molar-refractivity contribution in [3.05, 3.63) is 29.6 Å². The Kier molecular flexibility index (Phi) is 5.56. The number of aryl methyl sites for hydroxylation is 1. The highest BCUT2D eigenvalue weighted by Gasteiger charge is 2.23. The van der Waals surface area contributed by atoms with Crippen molar-refractivity contribution in [3.63, 3.8) is 0 Å². The van der Waals surface area contributed by atoms with Crippen LogP contribution in [-0.4, -0.2) is 54.6 Å². The van der Waals surface area contributed by atoms with Gasteiger partial charge in [-0.15, -0.1) is 0 Å². The van der Waals surface area contributed by atoms with Crippen LogP contribution in [0.3, 0.4) is 0 Å². The van der Waals surface area contributed by atoms with Gasteiger partial charge in [-0.3, -0.25) is 4.90 Å². The summed E-state index contributed by atoms with van der Waals surface area (Å²) in [5.41, 5.74) is 0.583. The zero-order valence-electron chi connectivity index (χ0n) is 12.9. The topological polar surface area (TPSA) is 41.9 Å². The summed E-state index contributed by atoms with van der Waals surface area (Å²) in [5.74, 6) is 0.152. The predicted octanol–water partition coefficient (Wildman–Crippen LogP) is 1.98. The maximum atomic E-state index is 13.4. The summed E-state index contributed by atoms with van der Waals surface area (Å²) >= 11 is 0. The third-order valence-corrected chi connectivity index (χ3v) is 3.55. The number of aliphatic hydroxyl groups excluding tert-OH is 1. The highest BCUT2D eigenvalue weighted by Crippen LogP contribution is 2.16. The first-order valence-corrected chi connectivity index (χ1v) is 7.39. The molecular formula is C16H24FNO3. The summed E-state index contributed by atoms with van der Waals surface area (Å²) in [5, 5.41) is 10.1. The van der Waals surface area contributed by atoms with Crippen molar-refractivity contribution in [2.75, 3.05) is 26.2 Å². The molecule has 21 heavy (non-hydrogen) atoms. The molecule has 1 saturated heterocycles. The quantitative estimate of drug-likeness (QED) is 0.902. The molecule has 5 heteroatoms. The zero-order valence-corrected chi connectivity index (χ0v) is 12.9. The van der Waals surface area contributed by atoms with E-state index in [1.54, 1.807) is 19.1 Å². The molecule has 0 aromatic heterocycles. The predicted molar refractivity (Wildman–Crippen MR) is 79.1 cm³/mol. The van der Waals surface area contributed by atoms with E-state index in [1.165, 1.54) is 6.07 Å². The van der Waals surface area contributed by atoms with Crippen LogP contribution in [-0.2, 0) is 4.74 Å². The summed E-state index contributed by atoms with van der Waals surface area (Å²) in [7, 11) is 0. The number of hydrogen-bond donors (Lipinski definition) is 1.